The van der Waals surface area contributed by atoms with Gasteiger partial charge in [-0.2, -0.15) is 0 Å². The molecule has 0 saturated carbocycles. The Morgan fingerprint density at radius 2 is 1.90 bits per heavy atom. The van der Waals surface area contributed by atoms with Crippen molar-refractivity contribution >= 4 is 17.4 Å². The van der Waals surface area contributed by atoms with Gasteiger partial charge in [0.1, 0.15) is 0 Å². The quantitative estimate of drug-likeness (QED) is 0.847. The molecule has 1 aromatic carbocycles. The van der Waals surface area contributed by atoms with E-state index in [0.717, 1.165) is 5.69 Å². The molecule has 1 amide bonds. The summed E-state index contributed by atoms with van der Waals surface area (Å²) in [5.41, 5.74) is 1.34. The Balaban J connectivity index is 2.35. The molecule has 4 nitrogen and oxygen atoms in total. The first-order chi connectivity index (χ1) is 9.56. The molecule has 0 aliphatic carbocycles. The van der Waals surface area contributed by atoms with Crippen LogP contribution in [0.15, 0.2) is 41.7 Å². The zero-order chi connectivity index (χ0) is 14.7. The van der Waals surface area contributed by atoms with Crippen LogP contribution in [0, 0.1) is 5.92 Å². The minimum absolute atomic E-state index is 0.0112. The third-order valence-electron chi connectivity index (χ3n) is 3.39. The van der Waals surface area contributed by atoms with Gasteiger partial charge in [-0.25, -0.2) is 0 Å². The molecule has 0 spiro atoms. The molecule has 106 valence electrons. The summed E-state index contributed by atoms with van der Waals surface area (Å²) in [6.45, 7) is 4.16. The van der Waals surface area contributed by atoms with Crippen molar-refractivity contribution in [2.45, 2.75) is 20.3 Å². The molecule has 20 heavy (non-hydrogen) atoms. The molecular formula is C16H19NO3. The average Bonchev–Trinajstić information content (AvgIpc) is 2.46. The lowest BCUT2D eigenvalue weighted by Gasteiger charge is -2.29. The maximum Gasteiger partial charge on any atom is 0.293 e. The first kappa shape index (κ1) is 14.3. The van der Waals surface area contributed by atoms with Crippen molar-refractivity contribution in [2.75, 3.05) is 18.6 Å². The maximum absolute atomic E-state index is 12.5. The third-order valence-corrected chi connectivity index (χ3v) is 3.39. The van der Waals surface area contributed by atoms with Crippen LogP contribution in [0.4, 0.5) is 5.69 Å². The number of ketones is 1. The largest absolute Gasteiger partial charge is 0.491 e. The molecule has 0 unspecified atom stereocenters. The van der Waals surface area contributed by atoms with E-state index >= 15 is 0 Å². The summed E-state index contributed by atoms with van der Waals surface area (Å²) in [6, 6.07) is 9.42. The van der Waals surface area contributed by atoms with Gasteiger partial charge in [-0.05, 0) is 18.6 Å². The van der Waals surface area contributed by atoms with Crippen molar-refractivity contribution in [3.63, 3.8) is 0 Å². The van der Waals surface area contributed by atoms with Gasteiger partial charge in [0.05, 0.1) is 7.11 Å². The second-order valence-corrected chi connectivity index (χ2v) is 5.07. The van der Waals surface area contributed by atoms with Crippen molar-refractivity contribution in [3.05, 3.63) is 41.7 Å². The minimum atomic E-state index is -0.242. The lowest BCUT2D eigenvalue weighted by Crippen LogP contribution is -2.39. The molecule has 0 N–H and O–H groups in total. The highest BCUT2D eigenvalue weighted by molar-refractivity contribution is 6.12. The fraction of sp³-hybridized carbons (Fsp3) is 0.375. The number of rotatable bonds is 4. The minimum Gasteiger partial charge on any atom is -0.491 e. The van der Waals surface area contributed by atoms with Gasteiger partial charge in [-0.1, -0.05) is 32.0 Å². The Hall–Kier alpha value is -2.10. The molecule has 0 saturated heterocycles. The first-order valence-electron chi connectivity index (χ1n) is 6.74. The molecule has 1 aliphatic heterocycles. The number of para-hydroxylation sites is 1. The average molecular weight is 273 g/mol. The predicted octanol–water partition coefficient (Wildman–Crippen LogP) is 2.55. The van der Waals surface area contributed by atoms with Crippen molar-refractivity contribution in [3.8, 4) is 0 Å². The molecule has 0 fully saturated rings. The van der Waals surface area contributed by atoms with E-state index in [1.165, 1.54) is 7.11 Å². The Kier molecular flexibility index (Phi) is 4.23. The van der Waals surface area contributed by atoms with Gasteiger partial charge >= 0.3 is 0 Å². The summed E-state index contributed by atoms with van der Waals surface area (Å²) >= 11 is 0. The van der Waals surface area contributed by atoms with Crippen LogP contribution < -0.4 is 4.90 Å². The van der Waals surface area contributed by atoms with Crippen LogP contribution in [0.1, 0.15) is 20.3 Å². The van der Waals surface area contributed by atoms with E-state index in [2.05, 4.69) is 0 Å². The van der Waals surface area contributed by atoms with Gasteiger partial charge in [0, 0.05) is 23.7 Å². The number of ether oxygens (including phenoxy) is 1. The standard InChI is InChI=1S/C16H19NO3/c1-11(2)14(18)13-9-10-17(16(19)15(13)20-3)12-7-5-4-6-8-12/h4-8,11H,9-10H2,1-3H3. The van der Waals surface area contributed by atoms with Gasteiger partial charge in [-0.15, -0.1) is 0 Å². The van der Waals surface area contributed by atoms with E-state index in [1.54, 1.807) is 4.90 Å². The summed E-state index contributed by atoms with van der Waals surface area (Å²) in [6.07, 6.45) is 0.529. The number of benzene rings is 1. The molecule has 1 aliphatic rings. The lowest BCUT2D eigenvalue weighted by molar-refractivity contribution is -0.122. The SMILES string of the molecule is COC1=C(C(=O)C(C)C)CCN(c2ccccc2)C1=O. The number of anilines is 1. The van der Waals surface area contributed by atoms with Crippen LogP contribution in [0.25, 0.3) is 0 Å². The van der Waals surface area contributed by atoms with Gasteiger partial charge in [-0.3, -0.25) is 9.59 Å². The molecule has 0 atom stereocenters. The topological polar surface area (TPSA) is 46.6 Å². The van der Waals surface area contributed by atoms with Gasteiger partial charge in [0.25, 0.3) is 5.91 Å². The number of Topliss-reactive ketones (excluding diaryl/α,β-unsaturated/α-hetero) is 1. The number of carbonyl (C=O) groups excluding carboxylic acids is 2. The lowest BCUT2D eigenvalue weighted by atomic mass is 9.94. The van der Waals surface area contributed by atoms with Crippen molar-refractivity contribution < 1.29 is 14.3 Å². The second kappa shape index (κ2) is 5.90. The Morgan fingerprint density at radius 1 is 1.25 bits per heavy atom. The molecule has 0 radical (unpaired) electrons. The number of methoxy groups -OCH3 is 1. The zero-order valence-electron chi connectivity index (χ0n) is 12.1. The van der Waals surface area contributed by atoms with E-state index in [4.69, 9.17) is 4.74 Å². The normalized spacial score (nSPS) is 15.8. The summed E-state index contributed by atoms with van der Waals surface area (Å²) in [7, 11) is 1.44. The van der Waals surface area contributed by atoms with Crippen LogP contribution in [0.3, 0.4) is 0 Å². The van der Waals surface area contributed by atoms with Crippen LogP contribution in [-0.2, 0) is 14.3 Å². The fourth-order valence-corrected chi connectivity index (χ4v) is 2.34. The van der Waals surface area contributed by atoms with Crippen LogP contribution >= 0.6 is 0 Å². The Bertz CT molecular complexity index is 546. The molecule has 4 heteroatoms. The zero-order valence-corrected chi connectivity index (χ0v) is 12.1. The van der Waals surface area contributed by atoms with E-state index in [1.807, 2.05) is 44.2 Å². The molecule has 0 bridgehead atoms. The first-order valence-corrected chi connectivity index (χ1v) is 6.74. The fourth-order valence-electron chi connectivity index (χ4n) is 2.34. The predicted molar refractivity (Wildman–Crippen MR) is 77.3 cm³/mol. The summed E-state index contributed by atoms with van der Waals surface area (Å²) in [5.74, 6) is -0.207. The molecule has 2 rings (SSSR count). The Labute approximate surface area is 119 Å². The van der Waals surface area contributed by atoms with E-state index in [0.29, 0.717) is 18.5 Å². The van der Waals surface area contributed by atoms with Crippen LogP contribution in [0.2, 0.25) is 0 Å². The number of hydrogen-bond acceptors (Lipinski definition) is 3. The molecular weight excluding hydrogens is 254 g/mol. The molecule has 1 heterocycles. The number of hydrogen-bond donors (Lipinski definition) is 0. The summed E-state index contributed by atoms with van der Waals surface area (Å²) in [4.78, 5) is 26.3. The van der Waals surface area contributed by atoms with Gasteiger partial charge < -0.3 is 9.64 Å². The van der Waals surface area contributed by atoms with Crippen molar-refractivity contribution in [1.82, 2.24) is 0 Å². The highest BCUT2D eigenvalue weighted by atomic mass is 16.5. The van der Waals surface area contributed by atoms with Gasteiger partial charge in [0.15, 0.2) is 11.5 Å². The smallest absolute Gasteiger partial charge is 0.293 e. The number of nitrogens with zero attached hydrogens (tertiary/aromatic N) is 1. The summed E-state index contributed by atoms with van der Waals surface area (Å²) < 4.78 is 5.21. The summed E-state index contributed by atoms with van der Waals surface area (Å²) in [5, 5.41) is 0. The number of carbonyl (C=O) groups is 2. The van der Waals surface area contributed by atoms with E-state index in [9.17, 15) is 9.59 Å². The molecule has 0 aromatic heterocycles. The number of amides is 1. The second-order valence-electron chi connectivity index (χ2n) is 5.07. The van der Waals surface area contributed by atoms with Crippen LogP contribution in [-0.4, -0.2) is 25.3 Å². The van der Waals surface area contributed by atoms with Crippen molar-refractivity contribution in [1.29, 1.82) is 0 Å². The van der Waals surface area contributed by atoms with E-state index < -0.39 is 0 Å². The van der Waals surface area contributed by atoms with Gasteiger partial charge in [0.2, 0.25) is 0 Å². The highest BCUT2D eigenvalue weighted by Gasteiger charge is 2.32. The Morgan fingerprint density at radius 3 is 2.45 bits per heavy atom. The highest BCUT2D eigenvalue weighted by Crippen LogP contribution is 2.27. The van der Waals surface area contributed by atoms with E-state index in [-0.39, 0.29) is 23.4 Å². The molecule has 1 aromatic rings. The van der Waals surface area contributed by atoms with Crippen LogP contribution in [0.5, 0.6) is 0 Å². The third kappa shape index (κ3) is 2.59. The monoisotopic (exact) mass is 273 g/mol. The maximum atomic E-state index is 12.5. The van der Waals surface area contributed by atoms with Crippen molar-refractivity contribution in [2.24, 2.45) is 5.92 Å².